The maximum Gasteiger partial charge on any atom is 0.0455 e. The predicted molar refractivity (Wildman–Crippen MR) is 82.6 cm³/mol. The minimum Gasteiger partial charge on any atom is -0.370 e. The van der Waals surface area contributed by atoms with Gasteiger partial charge in [0, 0.05) is 30.8 Å². The molecule has 0 spiro atoms. The second-order valence-electron chi connectivity index (χ2n) is 4.77. The predicted octanol–water partition coefficient (Wildman–Crippen LogP) is 3.74. The number of nitrogens with two attached hydrogens (primary N) is 1. The average Bonchev–Trinajstić information content (AvgIpc) is 2.41. The lowest BCUT2D eigenvalue weighted by Gasteiger charge is -2.22. The van der Waals surface area contributed by atoms with E-state index in [-0.39, 0.29) is 0 Å². The van der Waals surface area contributed by atoms with Crippen LogP contribution in [-0.4, -0.2) is 7.05 Å². The van der Waals surface area contributed by atoms with E-state index in [2.05, 4.69) is 43.1 Å². The van der Waals surface area contributed by atoms with Crippen molar-refractivity contribution in [3.63, 3.8) is 0 Å². The number of anilines is 1. The second kappa shape index (κ2) is 6.09. The minimum absolute atomic E-state index is 0.579. The largest absolute Gasteiger partial charge is 0.370 e. The minimum atomic E-state index is 0.579. The molecule has 0 amide bonds. The van der Waals surface area contributed by atoms with Gasteiger partial charge in [0.15, 0.2) is 0 Å². The Balaban J connectivity index is 2.21. The van der Waals surface area contributed by atoms with Crippen LogP contribution in [0.2, 0.25) is 5.02 Å². The Morgan fingerprint density at radius 3 is 2.53 bits per heavy atom. The van der Waals surface area contributed by atoms with Gasteiger partial charge in [0.05, 0.1) is 0 Å². The number of aryl methyl sites for hydroxylation is 1. The zero-order valence-corrected chi connectivity index (χ0v) is 12.1. The molecule has 2 nitrogen and oxygen atoms in total. The molecular formula is C16H19ClN2. The Morgan fingerprint density at radius 2 is 1.89 bits per heavy atom. The smallest absolute Gasteiger partial charge is 0.0455 e. The average molecular weight is 275 g/mol. The summed E-state index contributed by atoms with van der Waals surface area (Å²) < 4.78 is 0. The fraction of sp³-hybridized carbons (Fsp3) is 0.250. The van der Waals surface area contributed by atoms with Gasteiger partial charge >= 0.3 is 0 Å². The Hall–Kier alpha value is -1.51. The van der Waals surface area contributed by atoms with Gasteiger partial charge in [-0.25, -0.2) is 0 Å². The van der Waals surface area contributed by atoms with Gasteiger partial charge in [-0.3, -0.25) is 0 Å². The van der Waals surface area contributed by atoms with E-state index in [1.165, 1.54) is 11.3 Å². The highest BCUT2D eigenvalue weighted by Crippen LogP contribution is 2.24. The molecule has 0 aliphatic rings. The molecule has 0 unspecified atom stereocenters. The molecule has 19 heavy (non-hydrogen) atoms. The van der Waals surface area contributed by atoms with E-state index in [9.17, 15) is 0 Å². The number of nitrogens with zero attached hydrogens (tertiary/aromatic N) is 1. The molecule has 2 rings (SSSR count). The number of hydrogen-bond donors (Lipinski definition) is 1. The highest BCUT2D eigenvalue weighted by atomic mass is 35.5. The highest BCUT2D eigenvalue weighted by molar-refractivity contribution is 6.31. The lowest BCUT2D eigenvalue weighted by molar-refractivity contribution is 0.915. The Kier molecular flexibility index (Phi) is 4.46. The molecule has 2 N–H and O–H groups in total. The summed E-state index contributed by atoms with van der Waals surface area (Å²) >= 11 is 6.20. The summed E-state index contributed by atoms with van der Waals surface area (Å²) in [7, 11) is 2.08. The van der Waals surface area contributed by atoms with Crippen LogP contribution < -0.4 is 10.6 Å². The van der Waals surface area contributed by atoms with Gasteiger partial charge < -0.3 is 10.6 Å². The Labute approximate surface area is 119 Å². The van der Waals surface area contributed by atoms with Gasteiger partial charge in [0.1, 0.15) is 0 Å². The third kappa shape index (κ3) is 3.28. The van der Waals surface area contributed by atoms with Crippen molar-refractivity contribution in [1.29, 1.82) is 0 Å². The Morgan fingerprint density at radius 1 is 1.16 bits per heavy atom. The highest BCUT2D eigenvalue weighted by Gasteiger charge is 2.07. The fourth-order valence-corrected chi connectivity index (χ4v) is 2.44. The van der Waals surface area contributed by atoms with Crippen molar-refractivity contribution in [3.8, 4) is 0 Å². The molecule has 0 heterocycles. The van der Waals surface area contributed by atoms with Crippen molar-refractivity contribution in [1.82, 2.24) is 0 Å². The molecule has 0 aromatic heterocycles. The lowest BCUT2D eigenvalue weighted by Crippen LogP contribution is -2.17. The standard InChI is InChI=1S/C16H19ClN2/c1-12-9-13(10-18)7-8-16(12)19(2)11-14-5-3-4-6-15(14)17/h3-9H,10-11,18H2,1-2H3. The third-order valence-electron chi connectivity index (χ3n) is 3.27. The number of halogens is 1. The zero-order valence-electron chi connectivity index (χ0n) is 11.4. The van der Waals surface area contributed by atoms with Crippen LogP contribution in [0.1, 0.15) is 16.7 Å². The van der Waals surface area contributed by atoms with E-state index in [0.717, 1.165) is 22.7 Å². The number of rotatable bonds is 4. The normalized spacial score (nSPS) is 10.5. The molecule has 0 saturated heterocycles. The molecule has 0 atom stereocenters. The van der Waals surface area contributed by atoms with Crippen LogP contribution in [-0.2, 0) is 13.1 Å². The first-order valence-electron chi connectivity index (χ1n) is 6.36. The molecule has 0 aliphatic carbocycles. The van der Waals surface area contributed by atoms with E-state index in [0.29, 0.717) is 6.54 Å². The van der Waals surface area contributed by atoms with Crippen molar-refractivity contribution in [2.45, 2.75) is 20.0 Å². The molecule has 0 aliphatic heterocycles. The van der Waals surface area contributed by atoms with Crippen LogP contribution in [0.15, 0.2) is 42.5 Å². The van der Waals surface area contributed by atoms with E-state index in [1.54, 1.807) is 0 Å². The van der Waals surface area contributed by atoms with Crippen LogP contribution in [0, 0.1) is 6.92 Å². The maximum atomic E-state index is 6.20. The topological polar surface area (TPSA) is 29.3 Å². The summed E-state index contributed by atoms with van der Waals surface area (Å²) in [5.74, 6) is 0. The molecule has 2 aromatic carbocycles. The summed E-state index contributed by atoms with van der Waals surface area (Å²) in [5.41, 5.74) is 10.4. The van der Waals surface area contributed by atoms with Crippen molar-refractivity contribution in [2.75, 3.05) is 11.9 Å². The van der Waals surface area contributed by atoms with Crippen molar-refractivity contribution >= 4 is 17.3 Å². The molecule has 0 fully saturated rings. The Bertz CT molecular complexity index is 566. The van der Waals surface area contributed by atoms with Crippen LogP contribution in [0.5, 0.6) is 0 Å². The molecule has 0 radical (unpaired) electrons. The van der Waals surface area contributed by atoms with Crippen molar-refractivity contribution in [2.24, 2.45) is 5.73 Å². The molecule has 3 heteroatoms. The second-order valence-corrected chi connectivity index (χ2v) is 5.18. The van der Waals surface area contributed by atoms with Crippen molar-refractivity contribution < 1.29 is 0 Å². The third-order valence-corrected chi connectivity index (χ3v) is 3.64. The number of benzene rings is 2. The van der Waals surface area contributed by atoms with Crippen LogP contribution in [0.25, 0.3) is 0 Å². The van der Waals surface area contributed by atoms with Gasteiger partial charge in [0.2, 0.25) is 0 Å². The summed E-state index contributed by atoms with van der Waals surface area (Å²) in [6.07, 6.45) is 0. The first-order valence-corrected chi connectivity index (χ1v) is 6.73. The van der Waals surface area contributed by atoms with Gasteiger partial charge in [-0.1, -0.05) is 41.9 Å². The van der Waals surface area contributed by atoms with Crippen LogP contribution in [0.4, 0.5) is 5.69 Å². The van der Waals surface area contributed by atoms with E-state index in [4.69, 9.17) is 17.3 Å². The summed E-state index contributed by atoms with van der Waals surface area (Å²) in [6.45, 7) is 3.48. The summed E-state index contributed by atoms with van der Waals surface area (Å²) in [4.78, 5) is 2.21. The molecule has 2 aromatic rings. The first-order chi connectivity index (χ1) is 9.11. The maximum absolute atomic E-state index is 6.20. The quantitative estimate of drug-likeness (QED) is 0.920. The molecule has 0 saturated carbocycles. The SMILES string of the molecule is Cc1cc(CN)ccc1N(C)Cc1ccccc1Cl. The monoisotopic (exact) mass is 274 g/mol. The zero-order chi connectivity index (χ0) is 13.8. The number of hydrogen-bond acceptors (Lipinski definition) is 2. The van der Waals surface area contributed by atoms with Gasteiger partial charge in [-0.2, -0.15) is 0 Å². The van der Waals surface area contributed by atoms with E-state index >= 15 is 0 Å². The van der Waals surface area contributed by atoms with Gasteiger partial charge in [0.25, 0.3) is 0 Å². The van der Waals surface area contributed by atoms with Crippen molar-refractivity contribution in [3.05, 3.63) is 64.2 Å². The van der Waals surface area contributed by atoms with Gasteiger partial charge in [-0.05, 0) is 35.7 Å². The van der Waals surface area contributed by atoms with Gasteiger partial charge in [-0.15, -0.1) is 0 Å². The van der Waals surface area contributed by atoms with Crippen LogP contribution in [0.3, 0.4) is 0 Å². The molecular weight excluding hydrogens is 256 g/mol. The van der Waals surface area contributed by atoms with E-state index < -0.39 is 0 Å². The fourth-order valence-electron chi connectivity index (χ4n) is 2.24. The summed E-state index contributed by atoms with van der Waals surface area (Å²) in [6, 6.07) is 14.3. The summed E-state index contributed by atoms with van der Waals surface area (Å²) in [5, 5.41) is 0.811. The van der Waals surface area contributed by atoms with Crippen LogP contribution >= 0.6 is 11.6 Å². The molecule has 0 bridgehead atoms. The lowest BCUT2D eigenvalue weighted by atomic mass is 10.1. The first kappa shape index (κ1) is 13.9. The van der Waals surface area contributed by atoms with E-state index in [1.807, 2.05) is 18.2 Å². The molecule has 100 valence electrons.